The highest BCUT2D eigenvalue weighted by Crippen LogP contribution is 2.35. The molecule has 23 heavy (non-hydrogen) atoms. The second kappa shape index (κ2) is 9.30. The van der Waals surface area contributed by atoms with Gasteiger partial charge in [-0.15, -0.1) is 13.2 Å². The zero-order valence-corrected chi connectivity index (χ0v) is 17.9. The van der Waals surface area contributed by atoms with Crippen LogP contribution in [-0.4, -0.2) is 0 Å². The van der Waals surface area contributed by atoms with Gasteiger partial charge in [0.2, 0.25) is 0 Å². The lowest BCUT2D eigenvalue weighted by molar-refractivity contribution is 0.497. The molecule has 1 rings (SSSR count). The van der Waals surface area contributed by atoms with Gasteiger partial charge in [0.05, 0.1) is 0 Å². The van der Waals surface area contributed by atoms with Crippen molar-refractivity contribution in [3.8, 4) is 0 Å². The number of rotatable bonds is 2. The van der Waals surface area contributed by atoms with Gasteiger partial charge in [0.1, 0.15) is 0 Å². The molecule has 0 atom stereocenters. The molecule has 1 aromatic rings. The fourth-order valence-corrected chi connectivity index (χ4v) is 2.09. The van der Waals surface area contributed by atoms with Crippen molar-refractivity contribution >= 4 is 0 Å². The van der Waals surface area contributed by atoms with Gasteiger partial charge < -0.3 is 0 Å². The van der Waals surface area contributed by atoms with Crippen LogP contribution in [0.15, 0.2) is 31.4 Å². The molecule has 0 spiro atoms. The lowest BCUT2D eigenvalue weighted by Gasteiger charge is -2.31. The number of benzene rings is 1. The van der Waals surface area contributed by atoms with Crippen molar-refractivity contribution in [2.45, 2.75) is 98.8 Å². The maximum Gasteiger partial charge on any atom is -0.0106 e. The summed E-state index contributed by atoms with van der Waals surface area (Å²) in [5.74, 6) is 0. The summed E-state index contributed by atoms with van der Waals surface area (Å²) in [6.45, 7) is 30.8. The van der Waals surface area contributed by atoms with E-state index in [0.29, 0.717) is 0 Å². The molecule has 0 saturated heterocycles. The first-order chi connectivity index (χ1) is 10.4. The molecule has 1 aromatic carbocycles. The van der Waals surface area contributed by atoms with Crippen molar-refractivity contribution < 1.29 is 0 Å². The third-order valence-corrected chi connectivity index (χ3v) is 4.33. The summed E-state index contributed by atoms with van der Waals surface area (Å²) < 4.78 is 0. The van der Waals surface area contributed by atoms with Crippen LogP contribution in [0.5, 0.6) is 0 Å². The van der Waals surface area contributed by atoms with E-state index in [9.17, 15) is 0 Å². The van der Waals surface area contributed by atoms with Gasteiger partial charge in [-0.3, -0.25) is 0 Å². The predicted molar refractivity (Wildman–Crippen MR) is 110 cm³/mol. The van der Waals surface area contributed by atoms with E-state index < -0.39 is 0 Å². The molecule has 0 aliphatic heterocycles. The molecular formula is C23H42. The van der Waals surface area contributed by atoms with Crippen molar-refractivity contribution in [1.29, 1.82) is 0 Å². The van der Waals surface area contributed by atoms with Crippen molar-refractivity contribution in [1.82, 2.24) is 0 Å². The van der Waals surface area contributed by atoms with E-state index >= 15 is 0 Å². The molecule has 0 heteroatoms. The Morgan fingerprint density at radius 3 is 1.13 bits per heavy atom. The molecule has 0 nitrogen and oxygen atoms in total. The zero-order valence-electron chi connectivity index (χ0n) is 17.9. The van der Waals surface area contributed by atoms with Crippen LogP contribution in [0.25, 0.3) is 0 Å². The van der Waals surface area contributed by atoms with Crippen LogP contribution in [0.2, 0.25) is 0 Å². The van der Waals surface area contributed by atoms with Gasteiger partial charge in [0.15, 0.2) is 0 Å². The van der Waals surface area contributed by atoms with Gasteiger partial charge in [-0.1, -0.05) is 94.4 Å². The first kappa shape index (κ1) is 24.2. The second-order valence-corrected chi connectivity index (χ2v) is 8.54. The van der Waals surface area contributed by atoms with E-state index in [1.807, 2.05) is 13.8 Å². The Kier molecular flexibility index (Phi) is 9.79. The van der Waals surface area contributed by atoms with E-state index in [-0.39, 0.29) is 16.2 Å². The Labute approximate surface area is 147 Å². The highest BCUT2D eigenvalue weighted by Gasteiger charge is 2.25. The summed E-state index contributed by atoms with van der Waals surface area (Å²) in [5, 5.41) is 0. The third kappa shape index (κ3) is 7.38. The lowest BCUT2D eigenvalue weighted by Crippen LogP contribution is -2.22. The molecular weight excluding hydrogens is 276 g/mol. The molecule has 0 aliphatic rings. The minimum Gasteiger partial charge on any atom is -0.106 e. The Bertz CT molecular complexity index is 418. The van der Waals surface area contributed by atoms with Gasteiger partial charge >= 0.3 is 0 Å². The molecule has 0 radical (unpaired) electrons. The van der Waals surface area contributed by atoms with E-state index in [0.717, 1.165) is 0 Å². The smallest absolute Gasteiger partial charge is 0.0106 e. The average molecular weight is 319 g/mol. The van der Waals surface area contributed by atoms with E-state index in [1.54, 1.807) is 0 Å². The van der Waals surface area contributed by atoms with Crippen molar-refractivity contribution in [3.63, 3.8) is 0 Å². The Morgan fingerprint density at radius 1 is 0.652 bits per heavy atom. The topological polar surface area (TPSA) is 0 Å². The fourth-order valence-electron chi connectivity index (χ4n) is 2.09. The van der Waals surface area contributed by atoms with Gasteiger partial charge in [-0.2, -0.15) is 0 Å². The molecule has 0 N–H and O–H groups in total. The molecule has 0 heterocycles. The summed E-state index contributed by atoms with van der Waals surface area (Å²) in [6, 6.07) is 7.23. The first-order valence-corrected chi connectivity index (χ1v) is 9.04. The molecule has 0 unspecified atom stereocenters. The third-order valence-electron chi connectivity index (χ3n) is 4.33. The molecule has 0 bridgehead atoms. The summed E-state index contributed by atoms with van der Waals surface area (Å²) >= 11 is 0. The van der Waals surface area contributed by atoms with E-state index in [1.165, 1.54) is 23.1 Å². The minimum absolute atomic E-state index is 0.208. The molecule has 0 saturated carbocycles. The van der Waals surface area contributed by atoms with Crippen LogP contribution in [-0.2, 0) is 16.2 Å². The van der Waals surface area contributed by atoms with Crippen LogP contribution >= 0.6 is 0 Å². The quantitative estimate of drug-likeness (QED) is 0.488. The Morgan fingerprint density at radius 2 is 0.913 bits per heavy atom. The van der Waals surface area contributed by atoms with E-state index in [2.05, 4.69) is 93.7 Å². The normalized spacial score (nSPS) is 11.8. The SMILES string of the molecule is C=C.CC.CCC(C)(C)c1cc(C(C)(C)C)cc(C(C)(C)C)c1. The average Bonchev–Trinajstić information content (AvgIpc) is 2.49. The van der Waals surface area contributed by atoms with Crippen molar-refractivity contribution in [2.75, 3.05) is 0 Å². The molecule has 0 fully saturated rings. The van der Waals surface area contributed by atoms with Gasteiger partial charge in [-0.25, -0.2) is 0 Å². The van der Waals surface area contributed by atoms with E-state index in [4.69, 9.17) is 0 Å². The maximum absolute atomic E-state index is 3.00. The summed E-state index contributed by atoms with van der Waals surface area (Å²) in [4.78, 5) is 0. The summed E-state index contributed by atoms with van der Waals surface area (Å²) in [7, 11) is 0. The zero-order chi connectivity index (χ0) is 19.1. The highest BCUT2D eigenvalue weighted by atomic mass is 14.3. The Hall–Kier alpha value is -1.04. The van der Waals surface area contributed by atoms with Gasteiger partial charge in [0.25, 0.3) is 0 Å². The predicted octanol–water partition coefficient (Wildman–Crippen LogP) is 7.80. The molecule has 134 valence electrons. The lowest BCUT2D eigenvalue weighted by atomic mass is 9.74. The second-order valence-electron chi connectivity index (χ2n) is 8.54. The van der Waals surface area contributed by atoms with Crippen LogP contribution < -0.4 is 0 Å². The molecule has 0 aliphatic carbocycles. The summed E-state index contributed by atoms with van der Waals surface area (Å²) in [6.07, 6.45) is 1.17. The standard InChI is InChI=1S/C19H32.C2H6.C2H4/c1-10-19(8,9)16-12-14(17(2,3)4)11-15(13-16)18(5,6)7;2*1-2/h11-13H,10H2,1-9H3;1-2H3;1-2H2. The minimum atomic E-state index is 0.208. The van der Waals surface area contributed by atoms with Crippen molar-refractivity contribution in [3.05, 3.63) is 48.0 Å². The largest absolute Gasteiger partial charge is 0.106 e. The molecule has 0 amide bonds. The van der Waals surface area contributed by atoms with Crippen LogP contribution in [0.4, 0.5) is 0 Å². The molecule has 0 aromatic heterocycles. The van der Waals surface area contributed by atoms with Gasteiger partial charge in [0, 0.05) is 0 Å². The monoisotopic (exact) mass is 318 g/mol. The first-order valence-electron chi connectivity index (χ1n) is 9.04. The van der Waals surface area contributed by atoms with Crippen LogP contribution in [0.1, 0.15) is 99.3 Å². The van der Waals surface area contributed by atoms with Crippen LogP contribution in [0.3, 0.4) is 0 Å². The number of hydrogen-bond acceptors (Lipinski definition) is 0. The number of hydrogen-bond donors (Lipinski definition) is 0. The maximum atomic E-state index is 3.00. The summed E-state index contributed by atoms with van der Waals surface area (Å²) in [5.41, 5.74) is 5.06. The Balaban J connectivity index is 0. The highest BCUT2D eigenvalue weighted by molar-refractivity contribution is 5.40. The van der Waals surface area contributed by atoms with Crippen LogP contribution in [0, 0.1) is 0 Å². The van der Waals surface area contributed by atoms with Gasteiger partial charge in [-0.05, 0) is 39.4 Å². The fraction of sp³-hybridized carbons (Fsp3) is 0.652. The van der Waals surface area contributed by atoms with Crippen molar-refractivity contribution in [2.24, 2.45) is 0 Å².